The third kappa shape index (κ3) is 2.33. The molecule has 2 aromatic rings. The first kappa shape index (κ1) is 10.1. The first-order valence-corrected chi connectivity index (χ1v) is 6.14. The zero-order valence-electron chi connectivity index (χ0n) is 7.18. The fourth-order valence-electron chi connectivity index (χ4n) is 1.14. The highest BCUT2D eigenvalue weighted by molar-refractivity contribution is 7.16. The molecule has 0 saturated carbocycles. The number of thiazole rings is 1. The average Bonchev–Trinajstić information content (AvgIpc) is 2.75. The fraction of sp³-hybridized carbons (Fsp3) is 0.222. The van der Waals surface area contributed by atoms with E-state index >= 15 is 0 Å². The zero-order valence-corrected chi connectivity index (χ0v) is 9.57. The number of aromatic nitrogens is 1. The fourth-order valence-corrected chi connectivity index (χ4v) is 2.87. The molecule has 0 bridgehead atoms. The van der Waals surface area contributed by atoms with E-state index in [9.17, 15) is 5.11 Å². The highest BCUT2D eigenvalue weighted by Gasteiger charge is 2.11. The summed E-state index contributed by atoms with van der Waals surface area (Å²) in [5, 5.41) is 9.81. The van der Waals surface area contributed by atoms with Crippen LogP contribution in [0.3, 0.4) is 0 Å². The topological polar surface area (TPSA) is 33.1 Å². The Morgan fingerprint density at radius 2 is 2.36 bits per heavy atom. The molecule has 0 radical (unpaired) electrons. The van der Waals surface area contributed by atoms with Gasteiger partial charge in [-0.05, 0) is 12.1 Å². The molecule has 0 saturated heterocycles. The van der Waals surface area contributed by atoms with Crippen molar-refractivity contribution in [2.45, 2.75) is 12.5 Å². The summed E-state index contributed by atoms with van der Waals surface area (Å²) in [5.41, 5.74) is 1.72. The highest BCUT2D eigenvalue weighted by atomic mass is 35.5. The van der Waals surface area contributed by atoms with Gasteiger partial charge in [0.1, 0.15) is 0 Å². The molecule has 2 aromatic heterocycles. The van der Waals surface area contributed by atoms with Crippen LogP contribution in [0.25, 0.3) is 0 Å². The van der Waals surface area contributed by atoms with Crippen LogP contribution < -0.4 is 0 Å². The molecule has 5 heteroatoms. The maximum Gasteiger partial charge on any atom is 0.0946 e. The van der Waals surface area contributed by atoms with Gasteiger partial charge in [0.2, 0.25) is 0 Å². The van der Waals surface area contributed by atoms with E-state index in [4.69, 9.17) is 11.6 Å². The number of hydrogen-bond acceptors (Lipinski definition) is 4. The summed E-state index contributed by atoms with van der Waals surface area (Å²) in [6.45, 7) is 0. The number of nitrogens with zero attached hydrogens (tertiary/aromatic N) is 1. The molecular weight excluding hydrogens is 238 g/mol. The number of thiophene rings is 1. The molecule has 1 atom stereocenters. The van der Waals surface area contributed by atoms with Crippen molar-refractivity contribution in [3.63, 3.8) is 0 Å². The summed E-state index contributed by atoms with van der Waals surface area (Å²) < 4.78 is 0.761. The van der Waals surface area contributed by atoms with Gasteiger partial charge in [-0.3, -0.25) is 4.98 Å². The van der Waals surface area contributed by atoms with Crippen LogP contribution in [0, 0.1) is 0 Å². The van der Waals surface area contributed by atoms with Crippen LogP contribution in [0.15, 0.2) is 23.8 Å². The van der Waals surface area contributed by atoms with Gasteiger partial charge in [0.25, 0.3) is 0 Å². The van der Waals surface area contributed by atoms with E-state index in [0.29, 0.717) is 6.42 Å². The van der Waals surface area contributed by atoms with E-state index < -0.39 is 6.10 Å². The van der Waals surface area contributed by atoms with Crippen LogP contribution in [0.5, 0.6) is 0 Å². The molecular formula is C9H8ClNOS2. The molecule has 0 fully saturated rings. The Hall–Kier alpha value is -0.420. The lowest BCUT2D eigenvalue weighted by Crippen LogP contribution is -1.97. The van der Waals surface area contributed by atoms with E-state index in [2.05, 4.69) is 4.98 Å². The molecule has 0 amide bonds. The Bertz CT molecular complexity index is 399. The minimum atomic E-state index is -0.461. The number of halogens is 1. The quantitative estimate of drug-likeness (QED) is 0.901. The van der Waals surface area contributed by atoms with Gasteiger partial charge in [0, 0.05) is 17.5 Å². The van der Waals surface area contributed by atoms with Crippen molar-refractivity contribution in [3.05, 3.63) is 37.9 Å². The molecule has 2 heterocycles. The minimum absolute atomic E-state index is 0.461. The van der Waals surface area contributed by atoms with Gasteiger partial charge < -0.3 is 5.11 Å². The average molecular weight is 246 g/mol. The van der Waals surface area contributed by atoms with Gasteiger partial charge >= 0.3 is 0 Å². The first-order valence-electron chi connectivity index (χ1n) is 4.06. The molecule has 1 N–H and O–H groups in total. The number of aliphatic hydroxyl groups excluding tert-OH is 1. The van der Waals surface area contributed by atoms with Crippen LogP contribution in [0.1, 0.15) is 15.9 Å². The van der Waals surface area contributed by atoms with Crippen molar-refractivity contribution in [1.82, 2.24) is 4.98 Å². The Balaban J connectivity index is 2.05. The van der Waals surface area contributed by atoms with E-state index in [1.165, 1.54) is 22.7 Å². The Morgan fingerprint density at radius 1 is 1.50 bits per heavy atom. The lowest BCUT2D eigenvalue weighted by atomic mass is 10.2. The summed E-state index contributed by atoms with van der Waals surface area (Å²) >= 11 is 8.77. The van der Waals surface area contributed by atoms with E-state index in [-0.39, 0.29) is 0 Å². The molecule has 0 spiro atoms. The molecule has 2 nitrogen and oxygen atoms in total. The second-order valence-electron chi connectivity index (χ2n) is 2.83. The third-order valence-corrected chi connectivity index (χ3v) is 3.93. The normalized spacial score (nSPS) is 13.0. The van der Waals surface area contributed by atoms with Crippen molar-refractivity contribution in [2.75, 3.05) is 0 Å². The van der Waals surface area contributed by atoms with Crippen molar-refractivity contribution in [2.24, 2.45) is 0 Å². The van der Waals surface area contributed by atoms with Gasteiger partial charge in [0.05, 0.1) is 20.8 Å². The lowest BCUT2D eigenvalue weighted by molar-refractivity contribution is 0.183. The molecule has 1 unspecified atom stereocenters. The number of aliphatic hydroxyl groups is 1. The second kappa shape index (κ2) is 4.40. The van der Waals surface area contributed by atoms with Gasteiger partial charge in [-0.1, -0.05) is 11.6 Å². The molecule has 74 valence electrons. The predicted octanol–water partition coefficient (Wildman–Crippen LogP) is 3.13. The predicted molar refractivity (Wildman–Crippen MR) is 60.1 cm³/mol. The van der Waals surface area contributed by atoms with Crippen molar-refractivity contribution < 1.29 is 5.11 Å². The van der Waals surface area contributed by atoms with E-state index in [0.717, 1.165) is 14.1 Å². The molecule has 0 aliphatic carbocycles. The minimum Gasteiger partial charge on any atom is -0.387 e. The standard InChI is InChI=1S/C9H8ClNOS2/c10-9-2-1-6(14-9)3-7(12)8-4-11-5-13-8/h1-2,4-5,7,12H,3H2. The molecule has 14 heavy (non-hydrogen) atoms. The van der Waals surface area contributed by atoms with Crippen LogP contribution in [0.2, 0.25) is 4.34 Å². The summed E-state index contributed by atoms with van der Waals surface area (Å²) in [6, 6.07) is 3.79. The Morgan fingerprint density at radius 3 is 2.93 bits per heavy atom. The number of rotatable bonds is 3. The lowest BCUT2D eigenvalue weighted by Gasteiger charge is -2.04. The molecule has 2 rings (SSSR count). The van der Waals surface area contributed by atoms with Gasteiger partial charge in [-0.25, -0.2) is 0 Å². The van der Waals surface area contributed by atoms with Crippen molar-refractivity contribution in [1.29, 1.82) is 0 Å². The Kier molecular flexibility index (Phi) is 3.18. The molecule has 0 aromatic carbocycles. The van der Waals surface area contributed by atoms with Crippen molar-refractivity contribution in [3.8, 4) is 0 Å². The van der Waals surface area contributed by atoms with Crippen LogP contribution in [-0.4, -0.2) is 10.1 Å². The molecule has 0 aliphatic rings. The zero-order chi connectivity index (χ0) is 9.97. The smallest absolute Gasteiger partial charge is 0.0946 e. The highest BCUT2D eigenvalue weighted by Crippen LogP contribution is 2.27. The summed E-state index contributed by atoms with van der Waals surface area (Å²) in [6.07, 6.45) is 1.85. The van der Waals surface area contributed by atoms with E-state index in [1.54, 1.807) is 11.7 Å². The van der Waals surface area contributed by atoms with Gasteiger partial charge in [-0.2, -0.15) is 0 Å². The third-order valence-electron chi connectivity index (χ3n) is 1.80. The number of hydrogen-bond donors (Lipinski definition) is 1. The summed E-state index contributed by atoms with van der Waals surface area (Å²) in [4.78, 5) is 5.92. The monoisotopic (exact) mass is 245 g/mol. The second-order valence-corrected chi connectivity index (χ2v) is 5.55. The summed E-state index contributed by atoms with van der Waals surface area (Å²) in [7, 11) is 0. The van der Waals surface area contributed by atoms with Crippen LogP contribution in [-0.2, 0) is 6.42 Å². The van der Waals surface area contributed by atoms with Gasteiger partial charge in [0.15, 0.2) is 0 Å². The Labute approximate surface area is 94.8 Å². The van der Waals surface area contributed by atoms with Gasteiger partial charge in [-0.15, -0.1) is 22.7 Å². The van der Waals surface area contributed by atoms with E-state index in [1.807, 2.05) is 12.1 Å². The maximum absolute atomic E-state index is 9.81. The summed E-state index contributed by atoms with van der Waals surface area (Å²) in [5.74, 6) is 0. The molecule has 0 aliphatic heterocycles. The van der Waals surface area contributed by atoms with Crippen molar-refractivity contribution >= 4 is 34.3 Å². The first-order chi connectivity index (χ1) is 6.75. The van der Waals surface area contributed by atoms with Crippen LogP contribution >= 0.6 is 34.3 Å². The maximum atomic E-state index is 9.81. The largest absolute Gasteiger partial charge is 0.387 e. The van der Waals surface area contributed by atoms with Crippen LogP contribution in [0.4, 0.5) is 0 Å². The SMILES string of the molecule is OC(Cc1ccc(Cl)s1)c1cncs1.